The molecule has 1 aromatic carbocycles. The summed E-state index contributed by atoms with van der Waals surface area (Å²) in [6.45, 7) is 3.33. The van der Waals surface area contributed by atoms with Crippen molar-refractivity contribution in [2.45, 2.75) is 25.9 Å². The van der Waals surface area contributed by atoms with Crippen molar-refractivity contribution in [1.29, 1.82) is 0 Å². The number of carbonyl (C=O) groups excluding carboxylic acids is 2. The van der Waals surface area contributed by atoms with Gasteiger partial charge in [-0.25, -0.2) is 9.18 Å². The van der Waals surface area contributed by atoms with Crippen LogP contribution in [0.2, 0.25) is 0 Å². The lowest BCUT2D eigenvalue weighted by Gasteiger charge is -2.35. The third kappa shape index (κ3) is 5.26. The molecular formula is C20H23FN4O2. The zero-order valence-electron chi connectivity index (χ0n) is 15.3. The number of rotatable bonds is 5. The highest BCUT2D eigenvalue weighted by molar-refractivity contribution is 5.85. The number of halogens is 1. The molecule has 0 saturated carbocycles. The molecule has 1 aliphatic rings. The van der Waals surface area contributed by atoms with Gasteiger partial charge in [0.05, 0.1) is 0 Å². The van der Waals surface area contributed by atoms with E-state index in [0.717, 1.165) is 11.1 Å². The maximum atomic E-state index is 13.0. The fourth-order valence-electron chi connectivity index (χ4n) is 3.08. The van der Waals surface area contributed by atoms with Crippen molar-refractivity contribution in [3.63, 3.8) is 0 Å². The van der Waals surface area contributed by atoms with Crippen molar-refractivity contribution in [3.05, 3.63) is 65.7 Å². The second kappa shape index (κ2) is 8.62. The molecule has 1 atom stereocenters. The van der Waals surface area contributed by atoms with Gasteiger partial charge < -0.3 is 15.1 Å². The van der Waals surface area contributed by atoms with E-state index in [1.807, 2.05) is 19.1 Å². The first kappa shape index (κ1) is 18.8. The molecule has 1 N–H and O–H groups in total. The number of nitrogens with zero attached hydrogens (tertiary/aromatic N) is 3. The summed E-state index contributed by atoms with van der Waals surface area (Å²) in [6.07, 6.45) is 4.17. The minimum absolute atomic E-state index is 0.0483. The number of nitrogens with one attached hydrogen (secondary N) is 1. The van der Waals surface area contributed by atoms with Crippen LogP contribution < -0.4 is 5.32 Å². The normalized spacial score (nSPS) is 15.6. The van der Waals surface area contributed by atoms with Crippen LogP contribution in [-0.4, -0.2) is 52.4 Å². The number of hydrogen-bond acceptors (Lipinski definition) is 3. The summed E-state index contributed by atoms with van der Waals surface area (Å²) < 4.78 is 13.0. The first-order valence-electron chi connectivity index (χ1n) is 8.98. The Morgan fingerprint density at radius 3 is 2.67 bits per heavy atom. The third-order valence-corrected chi connectivity index (χ3v) is 4.53. The number of carbonyl (C=O) groups is 2. The lowest BCUT2D eigenvalue weighted by Crippen LogP contribution is -2.55. The van der Waals surface area contributed by atoms with E-state index in [4.69, 9.17) is 0 Å². The summed E-state index contributed by atoms with van der Waals surface area (Å²) in [5.41, 5.74) is 1.92. The Hall–Kier alpha value is -2.96. The van der Waals surface area contributed by atoms with Crippen LogP contribution in [-0.2, 0) is 17.8 Å². The predicted octanol–water partition coefficient (Wildman–Crippen LogP) is 2.21. The van der Waals surface area contributed by atoms with Gasteiger partial charge in [0.25, 0.3) is 0 Å². The van der Waals surface area contributed by atoms with Crippen LogP contribution in [0.25, 0.3) is 0 Å². The molecule has 27 heavy (non-hydrogen) atoms. The molecule has 0 bridgehead atoms. The SMILES string of the molecule is CC(Cc1cccnc1)NC(=O)N1CCN(Cc2ccc(F)cc2)C(=O)C1. The maximum absolute atomic E-state index is 13.0. The first-order chi connectivity index (χ1) is 13.0. The Labute approximate surface area is 158 Å². The van der Waals surface area contributed by atoms with Gasteiger partial charge in [0.1, 0.15) is 12.4 Å². The van der Waals surface area contributed by atoms with E-state index in [-0.39, 0.29) is 30.3 Å². The number of piperazine rings is 1. The van der Waals surface area contributed by atoms with Gasteiger partial charge in [-0.15, -0.1) is 0 Å². The Morgan fingerprint density at radius 2 is 2.00 bits per heavy atom. The highest BCUT2D eigenvalue weighted by Crippen LogP contribution is 2.11. The number of aromatic nitrogens is 1. The van der Waals surface area contributed by atoms with Crippen LogP contribution in [0.15, 0.2) is 48.8 Å². The molecule has 1 aromatic heterocycles. The minimum Gasteiger partial charge on any atom is -0.335 e. The van der Waals surface area contributed by atoms with Crippen LogP contribution >= 0.6 is 0 Å². The fourth-order valence-corrected chi connectivity index (χ4v) is 3.08. The molecule has 1 unspecified atom stereocenters. The van der Waals surface area contributed by atoms with Gasteiger partial charge in [0, 0.05) is 38.1 Å². The molecule has 2 aromatic rings. The van der Waals surface area contributed by atoms with Crippen LogP contribution in [0.1, 0.15) is 18.1 Å². The molecule has 0 radical (unpaired) electrons. The van der Waals surface area contributed by atoms with E-state index in [1.165, 1.54) is 17.0 Å². The zero-order chi connectivity index (χ0) is 19.2. The van der Waals surface area contributed by atoms with E-state index in [9.17, 15) is 14.0 Å². The van der Waals surface area contributed by atoms with Gasteiger partial charge in [-0.3, -0.25) is 9.78 Å². The van der Waals surface area contributed by atoms with E-state index >= 15 is 0 Å². The summed E-state index contributed by atoms with van der Waals surface area (Å²) in [6, 6.07) is 9.63. The van der Waals surface area contributed by atoms with E-state index in [0.29, 0.717) is 26.1 Å². The largest absolute Gasteiger partial charge is 0.335 e. The molecule has 0 aliphatic carbocycles. The average molecular weight is 370 g/mol. The van der Waals surface area contributed by atoms with E-state index in [2.05, 4.69) is 10.3 Å². The van der Waals surface area contributed by atoms with Crippen molar-refractivity contribution >= 4 is 11.9 Å². The molecule has 7 heteroatoms. The summed E-state index contributed by atoms with van der Waals surface area (Å²) in [5.74, 6) is -0.410. The summed E-state index contributed by atoms with van der Waals surface area (Å²) in [5, 5.41) is 2.94. The van der Waals surface area contributed by atoms with Crippen molar-refractivity contribution in [3.8, 4) is 0 Å². The van der Waals surface area contributed by atoms with Gasteiger partial charge in [-0.05, 0) is 42.7 Å². The van der Waals surface area contributed by atoms with E-state index < -0.39 is 0 Å². The third-order valence-electron chi connectivity index (χ3n) is 4.53. The van der Waals surface area contributed by atoms with Gasteiger partial charge in [-0.2, -0.15) is 0 Å². The maximum Gasteiger partial charge on any atom is 0.318 e. The Bertz CT molecular complexity index is 782. The highest BCUT2D eigenvalue weighted by atomic mass is 19.1. The van der Waals surface area contributed by atoms with Crippen molar-refractivity contribution in [2.75, 3.05) is 19.6 Å². The monoisotopic (exact) mass is 370 g/mol. The Balaban J connectivity index is 1.48. The van der Waals surface area contributed by atoms with Crippen molar-refractivity contribution in [1.82, 2.24) is 20.1 Å². The molecule has 1 fully saturated rings. The van der Waals surface area contributed by atoms with Crippen LogP contribution in [0.5, 0.6) is 0 Å². The number of hydrogen-bond donors (Lipinski definition) is 1. The molecule has 1 saturated heterocycles. The molecule has 6 nitrogen and oxygen atoms in total. The fraction of sp³-hybridized carbons (Fsp3) is 0.350. The standard InChI is InChI=1S/C20H23FN4O2/c1-15(11-17-3-2-8-22-12-17)23-20(27)25-10-9-24(19(26)14-25)13-16-4-6-18(21)7-5-16/h2-8,12,15H,9-11,13-14H2,1H3,(H,23,27). The summed E-state index contributed by atoms with van der Waals surface area (Å²) >= 11 is 0. The van der Waals surface area contributed by atoms with E-state index in [1.54, 1.807) is 29.4 Å². The second-order valence-corrected chi connectivity index (χ2v) is 6.78. The minimum atomic E-state index is -0.299. The lowest BCUT2D eigenvalue weighted by atomic mass is 10.1. The molecule has 3 rings (SSSR count). The lowest BCUT2D eigenvalue weighted by molar-refractivity contribution is -0.135. The molecule has 2 heterocycles. The average Bonchev–Trinajstić information content (AvgIpc) is 2.65. The predicted molar refractivity (Wildman–Crippen MR) is 99.3 cm³/mol. The Kier molecular flexibility index (Phi) is 6.01. The number of urea groups is 1. The molecule has 1 aliphatic heterocycles. The highest BCUT2D eigenvalue weighted by Gasteiger charge is 2.27. The van der Waals surface area contributed by atoms with Crippen molar-refractivity contribution in [2.24, 2.45) is 0 Å². The molecule has 142 valence electrons. The van der Waals surface area contributed by atoms with Gasteiger partial charge in [0.2, 0.25) is 5.91 Å². The zero-order valence-corrected chi connectivity index (χ0v) is 15.3. The smallest absolute Gasteiger partial charge is 0.318 e. The topological polar surface area (TPSA) is 65.5 Å². The number of amides is 3. The van der Waals surface area contributed by atoms with Crippen LogP contribution in [0.3, 0.4) is 0 Å². The van der Waals surface area contributed by atoms with Crippen LogP contribution in [0.4, 0.5) is 9.18 Å². The molecular weight excluding hydrogens is 347 g/mol. The van der Waals surface area contributed by atoms with Crippen LogP contribution in [0, 0.1) is 5.82 Å². The van der Waals surface area contributed by atoms with Gasteiger partial charge in [0.15, 0.2) is 0 Å². The summed E-state index contributed by atoms with van der Waals surface area (Å²) in [7, 11) is 0. The Morgan fingerprint density at radius 1 is 1.22 bits per heavy atom. The molecule has 0 spiro atoms. The summed E-state index contributed by atoms with van der Waals surface area (Å²) in [4.78, 5) is 32.1. The van der Waals surface area contributed by atoms with Gasteiger partial charge >= 0.3 is 6.03 Å². The molecule has 3 amide bonds. The first-order valence-corrected chi connectivity index (χ1v) is 8.98. The quantitative estimate of drug-likeness (QED) is 0.878. The van der Waals surface area contributed by atoms with Crippen molar-refractivity contribution < 1.29 is 14.0 Å². The second-order valence-electron chi connectivity index (χ2n) is 6.78. The number of benzene rings is 1. The van der Waals surface area contributed by atoms with Gasteiger partial charge in [-0.1, -0.05) is 18.2 Å². The number of pyridine rings is 1.